The molecule has 2 rings (SSSR count). The van der Waals surface area contributed by atoms with Crippen molar-refractivity contribution in [1.82, 2.24) is 0 Å². The zero-order chi connectivity index (χ0) is 14.7. The van der Waals surface area contributed by atoms with E-state index in [0.29, 0.717) is 10.0 Å². The van der Waals surface area contributed by atoms with Crippen molar-refractivity contribution in [3.8, 4) is 11.5 Å². The first-order valence-electron chi connectivity index (χ1n) is 6.23. The minimum Gasteiger partial charge on any atom is -0.497 e. The molecule has 0 aromatic heterocycles. The molecule has 0 aliphatic carbocycles. The lowest BCUT2D eigenvalue weighted by atomic mass is 9.93. The lowest BCUT2D eigenvalue weighted by Crippen LogP contribution is -1.99. The van der Waals surface area contributed by atoms with Crippen LogP contribution in [-0.2, 0) is 0 Å². The molecule has 2 aromatic rings. The van der Waals surface area contributed by atoms with Gasteiger partial charge in [-0.3, -0.25) is 0 Å². The normalized spacial score (nSPS) is 10.7. The molecule has 0 unspecified atom stereocenters. The van der Waals surface area contributed by atoms with Crippen molar-refractivity contribution in [3.05, 3.63) is 57.6 Å². The predicted molar refractivity (Wildman–Crippen MR) is 83.5 cm³/mol. The summed E-state index contributed by atoms with van der Waals surface area (Å²) in [6.45, 7) is 2.07. The summed E-state index contributed by atoms with van der Waals surface area (Å²) < 4.78 is 10.3. The molecule has 0 aliphatic heterocycles. The molecule has 0 heterocycles. The van der Waals surface area contributed by atoms with Gasteiger partial charge in [0.05, 0.1) is 14.2 Å². The topological polar surface area (TPSA) is 18.5 Å². The molecule has 0 radical (unpaired) electrons. The van der Waals surface area contributed by atoms with Crippen LogP contribution in [0.25, 0.3) is 0 Å². The van der Waals surface area contributed by atoms with Gasteiger partial charge in [-0.1, -0.05) is 42.3 Å². The summed E-state index contributed by atoms with van der Waals surface area (Å²) in [5, 5.41) is 1.34. The van der Waals surface area contributed by atoms with Gasteiger partial charge in [0.1, 0.15) is 11.5 Å². The van der Waals surface area contributed by atoms with E-state index in [4.69, 9.17) is 32.7 Å². The Bertz CT molecular complexity index is 558. The Morgan fingerprint density at radius 3 is 1.50 bits per heavy atom. The van der Waals surface area contributed by atoms with E-state index in [1.165, 1.54) is 0 Å². The van der Waals surface area contributed by atoms with Crippen LogP contribution < -0.4 is 9.47 Å². The summed E-state index contributed by atoms with van der Waals surface area (Å²) in [5.41, 5.74) is 2.03. The third kappa shape index (κ3) is 3.02. The predicted octanol–water partition coefficient (Wildman–Crippen LogP) is 5.16. The smallest absolute Gasteiger partial charge is 0.120 e. The van der Waals surface area contributed by atoms with Crippen LogP contribution >= 0.6 is 23.2 Å². The fourth-order valence-corrected chi connectivity index (χ4v) is 2.81. The van der Waals surface area contributed by atoms with Crippen molar-refractivity contribution >= 4 is 23.2 Å². The molecule has 0 spiro atoms. The lowest BCUT2D eigenvalue weighted by Gasteiger charge is -2.17. The molecular weight excluding hydrogens is 295 g/mol. The average molecular weight is 311 g/mol. The van der Waals surface area contributed by atoms with Gasteiger partial charge >= 0.3 is 0 Å². The molecule has 0 N–H and O–H groups in total. The maximum absolute atomic E-state index is 6.32. The second-order valence-electron chi connectivity index (χ2n) is 4.50. The van der Waals surface area contributed by atoms with Gasteiger partial charge in [-0.05, 0) is 35.4 Å². The summed E-state index contributed by atoms with van der Waals surface area (Å²) in [5.74, 6) is 1.57. The average Bonchev–Trinajstić information content (AvgIpc) is 2.46. The van der Waals surface area contributed by atoms with Gasteiger partial charge in [0.25, 0.3) is 0 Å². The number of halogens is 2. The number of hydrogen-bond acceptors (Lipinski definition) is 2. The maximum atomic E-state index is 6.32. The minimum atomic E-state index is 0.0896. The standard InChI is InChI=1S/C16H16Cl2O2/c1-10(13-6-4-11(19-2)8-15(13)17)14-7-5-12(20-3)9-16(14)18/h4-10H,1-3H3. The highest BCUT2D eigenvalue weighted by molar-refractivity contribution is 6.32. The molecule has 106 valence electrons. The third-order valence-corrected chi connectivity index (χ3v) is 4.00. The Morgan fingerprint density at radius 1 is 0.800 bits per heavy atom. The molecule has 2 nitrogen and oxygen atoms in total. The number of rotatable bonds is 4. The first-order valence-corrected chi connectivity index (χ1v) is 6.99. The highest BCUT2D eigenvalue weighted by Crippen LogP contribution is 2.36. The second kappa shape index (κ2) is 6.38. The van der Waals surface area contributed by atoms with Crippen LogP contribution in [0.15, 0.2) is 36.4 Å². The first kappa shape index (κ1) is 15.0. The van der Waals surface area contributed by atoms with Gasteiger partial charge in [0, 0.05) is 16.0 Å². The summed E-state index contributed by atoms with van der Waals surface area (Å²) in [6.07, 6.45) is 0. The van der Waals surface area contributed by atoms with E-state index in [9.17, 15) is 0 Å². The van der Waals surface area contributed by atoms with Crippen molar-refractivity contribution in [2.24, 2.45) is 0 Å². The Hall–Kier alpha value is -1.38. The molecule has 0 aliphatic rings. The quantitative estimate of drug-likeness (QED) is 0.776. The van der Waals surface area contributed by atoms with Crippen molar-refractivity contribution in [3.63, 3.8) is 0 Å². The summed E-state index contributed by atoms with van der Waals surface area (Å²) in [6, 6.07) is 11.3. The maximum Gasteiger partial charge on any atom is 0.120 e. The van der Waals surface area contributed by atoms with Crippen LogP contribution in [0.5, 0.6) is 11.5 Å². The van der Waals surface area contributed by atoms with Crippen molar-refractivity contribution in [1.29, 1.82) is 0 Å². The summed E-state index contributed by atoms with van der Waals surface area (Å²) >= 11 is 12.6. The molecule has 0 atom stereocenters. The van der Waals surface area contributed by atoms with E-state index in [1.807, 2.05) is 36.4 Å². The van der Waals surface area contributed by atoms with E-state index in [-0.39, 0.29) is 5.92 Å². The van der Waals surface area contributed by atoms with Crippen LogP contribution in [0.2, 0.25) is 10.0 Å². The van der Waals surface area contributed by atoms with Gasteiger partial charge < -0.3 is 9.47 Å². The molecule has 0 saturated heterocycles. The largest absolute Gasteiger partial charge is 0.497 e. The number of methoxy groups -OCH3 is 2. The fraction of sp³-hybridized carbons (Fsp3) is 0.250. The fourth-order valence-electron chi connectivity index (χ4n) is 2.14. The Morgan fingerprint density at radius 2 is 1.20 bits per heavy atom. The zero-order valence-corrected chi connectivity index (χ0v) is 13.1. The summed E-state index contributed by atoms with van der Waals surface area (Å²) in [4.78, 5) is 0. The van der Waals surface area contributed by atoms with Crippen LogP contribution in [0.3, 0.4) is 0 Å². The zero-order valence-electron chi connectivity index (χ0n) is 11.6. The third-order valence-electron chi connectivity index (χ3n) is 3.35. The molecular formula is C16H16Cl2O2. The monoisotopic (exact) mass is 310 g/mol. The molecule has 0 bridgehead atoms. The lowest BCUT2D eigenvalue weighted by molar-refractivity contribution is 0.414. The Balaban J connectivity index is 2.38. The molecule has 0 saturated carbocycles. The molecule has 4 heteroatoms. The van der Waals surface area contributed by atoms with Gasteiger partial charge in [-0.25, -0.2) is 0 Å². The van der Waals surface area contributed by atoms with Gasteiger partial charge in [0.2, 0.25) is 0 Å². The van der Waals surface area contributed by atoms with Gasteiger partial charge in [0.15, 0.2) is 0 Å². The molecule has 2 aromatic carbocycles. The van der Waals surface area contributed by atoms with Crippen molar-refractivity contribution < 1.29 is 9.47 Å². The van der Waals surface area contributed by atoms with E-state index < -0.39 is 0 Å². The molecule has 0 amide bonds. The van der Waals surface area contributed by atoms with Crippen LogP contribution in [-0.4, -0.2) is 14.2 Å². The van der Waals surface area contributed by atoms with Gasteiger partial charge in [-0.15, -0.1) is 0 Å². The molecule has 0 fully saturated rings. The van der Waals surface area contributed by atoms with Crippen LogP contribution in [0, 0.1) is 0 Å². The SMILES string of the molecule is COc1ccc(C(C)c2ccc(OC)cc2Cl)c(Cl)c1. The van der Waals surface area contributed by atoms with Crippen molar-refractivity contribution in [2.45, 2.75) is 12.8 Å². The van der Waals surface area contributed by atoms with E-state index >= 15 is 0 Å². The van der Waals surface area contributed by atoms with Gasteiger partial charge in [-0.2, -0.15) is 0 Å². The summed E-state index contributed by atoms with van der Waals surface area (Å²) in [7, 11) is 3.24. The minimum absolute atomic E-state index is 0.0896. The van der Waals surface area contributed by atoms with E-state index in [0.717, 1.165) is 22.6 Å². The molecule has 20 heavy (non-hydrogen) atoms. The first-order chi connectivity index (χ1) is 9.56. The number of ether oxygens (including phenoxy) is 2. The Kier molecular flexibility index (Phi) is 4.79. The van der Waals surface area contributed by atoms with Crippen LogP contribution in [0.4, 0.5) is 0 Å². The number of benzene rings is 2. The van der Waals surface area contributed by atoms with E-state index in [2.05, 4.69) is 6.92 Å². The highest BCUT2D eigenvalue weighted by Gasteiger charge is 2.16. The number of hydrogen-bond donors (Lipinski definition) is 0. The van der Waals surface area contributed by atoms with Crippen LogP contribution in [0.1, 0.15) is 24.0 Å². The second-order valence-corrected chi connectivity index (χ2v) is 5.31. The van der Waals surface area contributed by atoms with E-state index in [1.54, 1.807) is 14.2 Å². The Labute approximate surface area is 129 Å². The highest BCUT2D eigenvalue weighted by atomic mass is 35.5. The van der Waals surface area contributed by atoms with Crippen molar-refractivity contribution in [2.75, 3.05) is 14.2 Å².